The molecule has 0 radical (unpaired) electrons. The molecule has 0 aromatic heterocycles. The van der Waals surface area contributed by atoms with Crippen LogP contribution in [0.2, 0.25) is 0 Å². The van der Waals surface area contributed by atoms with Crippen molar-refractivity contribution in [3.8, 4) is 5.75 Å². The molecule has 29 heavy (non-hydrogen) atoms. The van der Waals surface area contributed by atoms with Gasteiger partial charge in [0.15, 0.2) is 0 Å². The number of amides is 3. The first-order valence-corrected chi connectivity index (χ1v) is 9.61. The smallest absolute Gasteiger partial charge is 0.244 e. The number of carbonyl (C=O) groups is 3. The molecule has 1 N–H and O–H groups in total. The summed E-state index contributed by atoms with van der Waals surface area (Å²) in [6.45, 7) is 2.90. The van der Waals surface area contributed by atoms with Crippen LogP contribution < -0.4 is 15.0 Å². The molecular formula is C22H25N3O4. The number of anilines is 2. The number of rotatable bonds is 7. The number of methoxy groups -OCH3 is 1. The van der Waals surface area contributed by atoms with Crippen LogP contribution in [0.15, 0.2) is 48.5 Å². The summed E-state index contributed by atoms with van der Waals surface area (Å²) in [6, 6.07) is 14.7. The molecule has 0 bridgehead atoms. The minimum absolute atomic E-state index is 0.0343. The van der Waals surface area contributed by atoms with E-state index in [0.717, 1.165) is 11.3 Å². The Labute approximate surface area is 170 Å². The van der Waals surface area contributed by atoms with Gasteiger partial charge in [0.2, 0.25) is 17.7 Å². The Bertz CT molecular complexity index is 895. The van der Waals surface area contributed by atoms with Gasteiger partial charge in [-0.1, -0.05) is 24.3 Å². The largest absolute Gasteiger partial charge is 0.497 e. The zero-order chi connectivity index (χ0) is 20.8. The van der Waals surface area contributed by atoms with E-state index in [9.17, 15) is 14.4 Å². The van der Waals surface area contributed by atoms with Crippen LogP contribution in [0.1, 0.15) is 25.3 Å². The zero-order valence-electron chi connectivity index (χ0n) is 16.7. The number of hydrogen-bond acceptors (Lipinski definition) is 4. The quantitative estimate of drug-likeness (QED) is 0.782. The molecule has 0 saturated heterocycles. The molecule has 1 heterocycles. The van der Waals surface area contributed by atoms with E-state index in [0.29, 0.717) is 24.5 Å². The molecule has 7 nitrogen and oxygen atoms in total. The summed E-state index contributed by atoms with van der Waals surface area (Å²) in [5.41, 5.74) is 2.27. The minimum Gasteiger partial charge on any atom is -0.497 e. The van der Waals surface area contributed by atoms with Crippen molar-refractivity contribution in [2.75, 3.05) is 30.4 Å². The van der Waals surface area contributed by atoms with Crippen molar-refractivity contribution in [1.82, 2.24) is 4.90 Å². The van der Waals surface area contributed by atoms with Crippen molar-refractivity contribution in [3.05, 3.63) is 54.1 Å². The van der Waals surface area contributed by atoms with Gasteiger partial charge in [-0.2, -0.15) is 0 Å². The van der Waals surface area contributed by atoms with Crippen molar-refractivity contribution in [2.45, 2.75) is 26.3 Å². The number of hydrogen-bond donors (Lipinski definition) is 1. The normalized spacial score (nSPS) is 12.8. The van der Waals surface area contributed by atoms with Crippen LogP contribution in [0.5, 0.6) is 5.75 Å². The van der Waals surface area contributed by atoms with E-state index < -0.39 is 0 Å². The molecular weight excluding hydrogens is 370 g/mol. The van der Waals surface area contributed by atoms with Crippen LogP contribution >= 0.6 is 0 Å². The molecule has 7 heteroatoms. The van der Waals surface area contributed by atoms with Crippen LogP contribution in [0, 0.1) is 0 Å². The molecule has 1 aliphatic rings. The van der Waals surface area contributed by atoms with E-state index in [1.54, 1.807) is 30.2 Å². The van der Waals surface area contributed by atoms with E-state index in [1.807, 2.05) is 37.3 Å². The fourth-order valence-corrected chi connectivity index (χ4v) is 3.29. The third-order valence-electron chi connectivity index (χ3n) is 4.89. The summed E-state index contributed by atoms with van der Waals surface area (Å²) < 4.78 is 5.15. The Hall–Kier alpha value is -3.35. The summed E-state index contributed by atoms with van der Waals surface area (Å²) in [5, 5.41) is 2.76. The fourth-order valence-electron chi connectivity index (χ4n) is 3.29. The molecule has 3 rings (SSSR count). The minimum atomic E-state index is -0.238. The highest BCUT2D eigenvalue weighted by Gasteiger charge is 2.27. The lowest BCUT2D eigenvalue weighted by molar-refractivity contribution is -0.133. The summed E-state index contributed by atoms with van der Waals surface area (Å²) in [7, 11) is 1.61. The van der Waals surface area contributed by atoms with Gasteiger partial charge in [-0.3, -0.25) is 14.4 Å². The summed E-state index contributed by atoms with van der Waals surface area (Å²) in [6.07, 6.45) is 0.155. The van der Waals surface area contributed by atoms with Gasteiger partial charge in [-0.05, 0) is 36.8 Å². The van der Waals surface area contributed by atoms with Crippen molar-refractivity contribution >= 4 is 29.1 Å². The lowest BCUT2D eigenvalue weighted by Crippen LogP contribution is -2.42. The van der Waals surface area contributed by atoms with E-state index in [4.69, 9.17) is 4.74 Å². The SMILES string of the molecule is CCN(Cc1ccc(OC)cc1)C(=O)CCC(=O)N1CC(=O)Nc2ccccc21. The first kappa shape index (κ1) is 20.4. The maximum atomic E-state index is 12.7. The Morgan fingerprint density at radius 1 is 1.10 bits per heavy atom. The maximum Gasteiger partial charge on any atom is 0.244 e. The number of nitrogens with zero attached hydrogens (tertiary/aromatic N) is 2. The molecule has 0 unspecified atom stereocenters. The second-order valence-corrected chi connectivity index (χ2v) is 6.80. The van der Waals surface area contributed by atoms with E-state index in [2.05, 4.69) is 5.32 Å². The predicted octanol–water partition coefficient (Wildman–Crippen LogP) is 2.81. The van der Waals surface area contributed by atoms with Gasteiger partial charge >= 0.3 is 0 Å². The zero-order valence-corrected chi connectivity index (χ0v) is 16.7. The number of nitrogens with one attached hydrogen (secondary N) is 1. The fraction of sp³-hybridized carbons (Fsp3) is 0.318. The lowest BCUT2D eigenvalue weighted by atomic mass is 10.1. The summed E-state index contributed by atoms with van der Waals surface area (Å²) in [4.78, 5) is 40.4. The van der Waals surface area contributed by atoms with E-state index in [1.165, 1.54) is 4.90 Å². The van der Waals surface area contributed by atoms with Crippen LogP contribution in [0.25, 0.3) is 0 Å². The average Bonchev–Trinajstić information content (AvgIpc) is 2.75. The van der Waals surface area contributed by atoms with Crippen molar-refractivity contribution in [1.29, 1.82) is 0 Å². The number of fused-ring (bicyclic) bond motifs is 1. The molecule has 0 atom stereocenters. The molecule has 3 amide bonds. The highest BCUT2D eigenvalue weighted by Crippen LogP contribution is 2.29. The van der Waals surface area contributed by atoms with Crippen molar-refractivity contribution in [2.24, 2.45) is 0 Å². The summed E-state index contributed by atoms with van der Waals surface area (Å²) >= 11 is 0. The molecule has 2 aromatic carbocycles. The standard InChI is InChI=1S/C22H25N3O4/c1-3-24(14-16-8-10-17(29-2)11-9-16)21(27)12-13-22(28)25-15-20(26)23-18-6-4-5-7-19(18)25/h4-11H,3,12-15H2,1-2H3,(H,23,26). The third-order valence-corrected chi connectivity index (χ3v) is 4.89. The highest BCUT2D eigenvalue weighted by atomic mass is 16.5. The van der Waals surface area contributed by atoms with Gasteiger partial charge in [0, 0.05) is 25.9 Å². The van der Waals surface area contributed by atoms with Crippen LogP contribution in [0.4, 0.5) is 11.4 Å². The maximum absolute atomic E-state index is 12.7. The van der Waals surface area contributed by atoms with E-state index in [-0.39, 0.29) is 37.1 Å². The summed E-state index contributed by atoms with van der Waals surface area (Å²) in [5.74, 6) is 0.199. The van der Waals surface area contributed by atoms with Gasteiger partial charge in [-0.25, -0.2) is 0 Å². The van der Waals surface area contributed by atoms with Gasteiger partial charge < -0.3 is 19.9 Å². The average molecular weight is 395 g/mol. The molecule has 0 spiro atoms. The molecule has 2 aromatic rings. The number of benzene rings is 2. The lowest BCUT2D eigenvalue weighted by Gasteiger charge is -2.29. The van der Waals surface area contributed by atoms with Crippen molar-refractivity contribution < 1.29 is 19.1 Å². The highest BCUT2D eigenvalue weighted by molar-refractivity contribution is 6.10. The topological polar surface area (TPSA) is 79.0 Å². The second-order valence-electron chi connectivity index (χ2n) is 6.80. The first-order valence-electron chi connectivity index (χ1n) is 9.61. The molecule has 0 aliphatic carbocycles. The van der Waals surface area contributed by atoms with Gasteiger partial charge in [0.25, 0.3) is 0 Å². The second kappa shape index (κ2) is 9.23. The van der Waals surface area contributed by atoms with E-state index >= 15 is 0 Å². The molecule has 1 aliphatic heterocycles. The molecule has 152 valence electrons. The Kier molecular flexibility index (Phi) is 6.49. The molecule has 0 saturated carbocycles. The predicted molar refractivity (Wildman–Crippen MR) is 111 cm³/mol. The molecule has 0 fully saturated rings. The van der Waals surface area contributed by atoms with Gasteiger partial charge in [0.05, 0.1) is 18.5 Å². The monoisotopic (exact) mass is 395 g/mol. The Balaban J connectivity index is 1.60. The third kappa shape index (κ3) is 4.93. The van der Waals surface area contributed by atoms with Crippen LogP contribution in [0.3, 0.4) is 0 Å². The van der Waals surface area contributed by atoms with Crippen LogP contribution in [-0.2, 0) is 20.9 Å². The number of ether oxygens (including phenoxy) is 1. The number of para-hydroxylation sites is 2. The van der Waals surface area contributed by atoms with Crippen molar-refractivity contribution in [3.63, 3.8) is 0 Å². The van der Waals surface area contributed by atoms with Gasteiger partial charge in [0.1, 0.15) is 12.3 Å². The van der Waals surface area contributed by atoms with Crippen LogP contribution in [-0.4, -0.2) is 42.8 Å². The van der Waals surface area contributed by atoms with Gasteiger partial charge in [-0.15, -0.1) is 0 Å². The Morgan fingerprint density at radius 2 is 1.83 bits per heavy atom. The Morgan fingerprint density at radius 3 is 2.52 bits per heavy atom. The first-order chi connectivity index (χ1) is 14.0. The number of carbonyl (C=O) groups excluding carboxylic acids is 3.